The van der Waals surface area contributed by atoms with E-state index in [0.29, 0.717) is 23.7 Å². The minimum atomic E-state index is -0.956. The number of amides is 1. The average Bonchev–Trinajstić information content (AvgIpc) is 2.56. The molecule has 7 nitrogen and oxygen atoms in total. The van der Waals surface area contributed by atoms with Crippen molar-refractivity contribution in [1.82, 2.24) is 15.1 Å². The van der Waals surface area contributed by atoms with E-state index in [4.69, 9.17) is 4.74 Å². The summed E-state index contributed by atoms with van der Waals surface area (Å²) < 4.78 is 6.51. The van der Waals surface area contributed by atoms with Gasteiger partial charge in [0.05, 0.1) is 5.39 Å². The van der Waals surface area contributed by atoms with Crippen molar-refractivity contribution in [2.45, 2.75) is 52.8 Å². The minimum absolute atomic E-state index is 0.0350. The Morgan fingerprint density at radius 2 is 1.84 bits per heavy atom. The van der Waals surface area contributed by atoms with Crippen molar-refractivity contribution in [3.63, 3.8) is 0 Å². The minimum Gasteiger partial charge on any atom is -0.448 e. The van der Waals surface area contributed by atoms with Crippen LogP contribution < -0.4 is 10.9 Å². The van der Waals surface area contributed by atoms with Crippen LogP contribution in [0.4, 0.5) is 0 Å². The molecule has 1 aromatic carbocycles. The highest BCUT2D eigenvalue weighted by Gasteiger charge is 2.23. The third-order valence-corrected chi connectivity index (χ3v) is 3.58. The third kappa shape index (κ3) is 4.23. The van der Waals surface area contributed by atoms with Crippen LogP contribution in [0.25, 0.3) is 10.8 Å². The summed E-state index contributed by atoms with van der Waals surface area (Å²) in [5, 5.41) is 7.66. The van der Waals surface area contributed by atoms with E-state index in [-0.39, 0.29) is 23.2 Å². The normalized spacial score (nSPS) is 12.2. The molecule has 25 heavy (non-hydrogen) atoms. The van der Waals surface area contributed by atoms with Crippen molar-refractivity contribution in [3.8, 4) is 0 Å². The number of hydrogen-bond acceptors (Lipinski definition) is 5. The van der Waals surface area contributed by atoms with Gasteiger partial charge in [0.15, 0.2) is 11.8 Å². The summed E-state index contributed by atoms with van der Waals surface area (Å²) >= 11 is 0. The smallest absolute Gasteiger partial charge is 0.360 e. The second-order valence-corrected chi connectivity index (χ2v) is 6.13. The molecule has 0 saturated heterocycles. The van der Waals surface area contributed by atoms with E-state index in [2.05, 4.69) is 10.4 Å². The van der Waals surface area contributed by atoms with Gasteiger partial charge >= 0.3 is 5.97 Å². The van der Waals surface area contributed by atoms with Crippen molar-refractivity contribution in [2.75, 3.05) is 0 Å². The zero-order valence-corrected chi connectivity index (χ0v) is 14.9. The van der Waals surface area contributed by atoms with Gasteiger partial charge in [0.2, 0.25) is 0 Å². The fourth-order valence-electron chi connectivity index (χ4n) is 2.42. The van der Waals surface area contributed by atoms with Crippen molar-refractivity contribution in [1.29, 1.82) is 0 Å². The summed E-state index contributed by atoms with van der Waals surface area (Å²) in [5.41, 5.74) is -0.215. The highest BCUT2D eigenvalue weighted by molar-refractivity contribution is 6.02. The van der Waals surface area contributed by atoms with Gasteiger partial charge in [-0.05, 0) is 33.3 Å². The molecule has 7 heteroatoms. The lowest BCUT2D eigenvalue weighted by molar-refractivity contribution is -0.129. The first kappa shape index (κ1) is 18.6. The van der Waals surface area contributed by atoms with Gasteiger partial charge in [0.1, 0.15) is 0 Å². The fraction of sp³-hybridized carbons (Fsp3) is 0.444. The van der Waals surface area contributed by atoms with Crippen LogP contribution in [0.5, 0.6) is 0 Å². The van der Waals surface area contributed by atoms with Crippen molar-refractivity contribution >= 4 is 22.6 Å². The van der Waals surface area contributed by atoms with E-state index in [1.165, 1.54) is 11.6 Å². The van der Waals surface area contributed by atoms with Gasteiger partial charge in [-0.3, -0.25) is 9.59 Å². The monoisotopic (exact) mass is 345 g/mol. The average molecular weight is 345 g/mol. The Morgan fingerprint density at radius 1 is 1.20 bits per heavy atom. The Labute approximate surface area is 146 Å². The van der Waals surface area contributed by atoms with E-state index in [9.17, 15) is 14.4 Å². The van der Waals surface area contributed by atoms with E-state index in [0.717, 1.165) is 0 Å². The first-order valence-corrected chi connectivity index (χ1v) is 8.36. The standard InChI is InChI=1S/C18H23N3O4/c1-5-10-21-17(23)14-9-7-6-8-13(14)15(20-21)18(24)25-12(4)16(22)19-11(2)3/h6-9,11-12H,5,10H2,1-4H3,(H,19,22). The zero-order valence-electron chi connectivity index (χ0n) is 14.9. The molecule has 0 bridgehead atoms. The van der Waals surface area contributed by atoms with Crippen LogP contribution in [0.2, 0.25) is 0 Å². The predicted molar refractivity (Wildman–Crippen MR) is 94.5 cm³/mol. The van der Waals surface area contributed by atoms with E-state index in [1.54, 1.807) is 24.3 Å². The molecule has 1 aromatic heterocycles. The van der Waals surface area contributed by atoms with Crippen LogP contribution in [-0.2, 0) is 16.1 Å². The van der Waals surface area contributed by atoms with Gasteiger partial charge in [0, 0.05) is 18.0 Å². The molecule has 0 aliphatic rings. The van der Waals surface area contributed by atoms with Gasteiger partial charge in [0.25, 0.3) is 11.5 Å². The van der Waals surface area contributed by atoms with Gasteiger partial charge < -0.3 is 10.1 Å². The van der Waals surface area contributed by atoms with Crippen LogP contribution in [0.1, 0.15) is 44.6 Å². The first-order chi connectivity index (χ1) is 11.8. The summed E-state index contributed by atoms with van der Waals surface area (Å²) in [4.78, 5) is 36.9. The molecule has 2 aromatic rings. The molecule has 1 heterocycles. The Kier molecular flexibility index (Phi) is 5.90. The highest BCUT2D eigenvalue weighted by Crippen LogP contribution is 2.15. The number of carbonyl (C=O) groups is 2. The van der Waals surface area contributed by atoms with Crippen molar-refractivity contribution in [2.24, 2.45) is 0 Å². The molecule has 134 valence electrons. The number of nitrogens with zero attached hydrogens (tertiary/aromatic N) is 2. The van der Waals surface area contributed by atoms with Crippen LogP contribution in [0.3, 0.4) is 0 Å². The lowest BCUT2D eigenvalue weighted by Crippen LogP contribution is -2.39. The molecule has 2 rings (SSSR count). The topological polar surface area (TPSA) is 90.3 Å². The number of esters is 1. The lowest BCUT2D eigenvalue weighted by atomic mass is 10.1. The maximum atomic E-state index is 12.5. The number of fused-ring (bicyclic) bond motifs is 1. The Balaban J connectivity index is 2.39. The lowest BCUT2D eigenvalue weighted by Gasteiger charge is -2.16. The summed E-state index contributed by atoms with van der Waals surface area (Å²) in [6, 6.07) is 6.69. The summed E-state index contributed by atoms with van der Waals surface area (Å²) in [6.07, 6.45) is -0.255. The molecule has 0 aliphatic heterocycles. The van der Waals surface area contributed by atoms with Gasteiger partial charge in [-0.2, -0.15) is 5.10 Å². The summed E-state index contributed by atoms with van der Waals surface area (Å²) in [5.74, 6) is -1.11. The predicted octanol–water partition coefficient (Wildman–Crippen LogP) is 1.88. The van der Waals surface area contributed by atoms with Crippen LogP contribution in [0, 0.1) is 0 Å². The number of ether oxygens (including phenoxy) is 1. The Bertz CT molecular complexity index is 842. The second kappa shape index (κ2) is 7.92. The van der Waals surface area contributed by atoms with Crippen LogP contribution in [-0.4, -0.2) is 33.8 Å². The molecule has 1 N–H and O–H groups in total. The maximum absolute atomic E-state index is 12.5. The number of hydrogen-bond donors (Lipinski definition) is 1. The molecule has 0 fully saturated rings. The molecule has 0 radical (unpaired) electrons. The maximum Gasteiger partial charge on any atom is 0.360 e. The number of aromatic nitrogens is 2. The van der Waals surface area contributed by atoms with E-state index >= 15 is 0 Å². The number of nitrogens with one attached hydrogen (secondary N) is 1. The number of benzene rings is 1. The molecular weight excluding hydrogens is 322 g/mol. The van der Waals surface area contributed by atoms with Gasteiger partial charge in [-0.1, -0.05) is 25.1 Å². The number of rotatable bonds is 6. The molecule has 1 unspecified atom stereocenters. The summed E-state index contributed by atoms with van der Waals surface area (Å²) in [6.45, 7) is 7.46. The van der Waals surface area contributed by atoms with E-state index in [1.807, 2.05) is 20.8 Å². The van der Waals surface area contributed by atoms with Crippen molar-refractivity contribution in [3.05, 3.63) is 40.3 Å². The Morgan fingerprint density at radius 3 is 2.44 bits per heavy atom. The largest absolute Gasteiger partial charge is 0.448 e. The number of carbonyl (C=O) groups excluding carboxylic acids is 2. The van der Waals surface area contributed by atoms with Gasteiger partial charge in [-0.25, -0.2) is 9.48 Å². The zero-order chi connectivity index (χ0) is 18.6. The van der Waals surface area contributed by atoms with E-state index < -0.39 is 12.1 Å². The van der Waals surface area contributed by atoms with Gasteiger partial charge in [-0.15, -0.1) is 0 Å². The number of aryl methyl sites for hydroxylation is 1. The Hall–Kier alpha value is -2.70. The first-order valence-electron chi connectivity index (χ1n) is 8.36. The van der Waals surface area contributed by atoms with Crippen LogP contribution in [0.15, 0.2) is 29.1 Å². The quantitative estimate of drug-likeness (QED) is 0.807. The SMILES string of the molecule is CCCn1nc(C(=O)OC(C)C(=O)NC(C)C)c2ccccc2c1=O. The molecule has 0 aliphatic carbocycles. The fourth-order valence-corrected chi connectivity index (χ4v) is 2.42. The molecule has 0 spiro atoms. The molecule has 1 atom stereocenters. The highest BCUT2D eigenvalue weighted by atomic mass is 16.5. The van der Waals surface area contributed by atoms with Crippen molar-refractivity contribution < 1.29 is 14.3 Å². The van der Waals surface area contributed by atoms with Crippen LogP contribution >= 0.6 is 0 Å². The second-order valence-electron chi connectivity index (χ2n) is 6.13. The molecule has 1 amide bonds. The molecule has 0 saturated carbocycles. The molecular formula is C18H23N3O4. The third-order valence-electron chi connectivity index (χ3n) is 3.58. The summed E-state index contributed by atoms with van der Waals surface area (Å²) in [7, 11) is 0.